The van der Waals surface area contributed by atoms with E-state index in [2.05, 4.69) is 15.1 Å². The van der Waals surface area contributed by atoms with Crippen LogP contribution < -0.4 is 0 Å². The van der Waals surface area contributed by atoms with Gasteiger partial charge in [-0.25, -0.2) is 9.97 Å². The second-order valence-electron chi connectivity index (χ2n) is 3.82. The van der Waals surface area contributed by atoms with Crippen LogP contribution in [0, 0.1) is 0 Å². The van der Waals surface area contributed by atoms with Gasteiger partial charge in [0.25, 0.3) is 0 Å². The number of pyridine rings is 1. The summed E-state index contributed by atoms with van der Waals surface area (Å²) in [5.74, 6) is 2.27. The first kappa shape index (κ1) is 13.0. The molecule has 0 spiro atoms. The van der Waals surface area contributed by atoms with Crippen LogP contribution in [-0.2, 0) is 19.4 Å². The highest BCUT2D eigenvalue weighted by Gasteiger charge is 2.11. The van der Waals surface area contributed by atoms with Gasteiger partial charge in [0.2, 0.25) is 0 Å². The summed E-state index contributed by atoms with van der Waals surface area (Å²) >= 11 is 5.92. The molecule has 5 nitrogen and oxygen atoms in total. The van der Waals surface area contributed by atoms with Crippen molar-refractivity contribution in [3.05, 3.63) is 34.5 Å². The fourth-order valence-corrected chi connectivity index (χ4v) is 1.82. The topological polar surface area (TPSA) is 63.8 Å². The van der Waals surface area contributed by atoms with E-state index in [9.17, 15) is 5.11 Å². The Hall–Kier alpha value is -1.46. The Bertz CT molecular complexity index is 553. The number of halogens is 1. The molecule has 0 unspecified atom stereocenters. The van der Waals surface area contributed by atoms with E-state index in [1.54, 1.807) is 16.8 Å². The summed E-state index contributed by atoms with van der Waals surface area (Å²) in [4.78, 5) is 8.71. The smallest absolute Gasteiger partial charge is 0.156 e. The normalized spacial score (nSPS) is 10.9. The Morgan fingerprint density at radius 1 is 1.22 bits per heavy atom. The van der Waals surface area contributed by atoms with E-state index in [1.165, 1.54) is 0 Å². The van der Waals surface area contributed by atoms with Gasteiger partial charge in [0, 0.05) is 12.8 Å². The lowest BCUT2D eigenvalue weighted by Crippen LogP contribution is -2.06. The molecule has 0 aromatic carbocycles. The van der Waals surface area contributed by atoms with Gasteiger partial charge in [-0.15, -0.1) is 5.10 Å². The molecule has 0 aliphatic heterocycles. The van der Waals surface area contributed by atoms with Gasteiger partial charge in [-0.3, -0.25) is 0 Å². The molecule has 2 aromatic rings. The van der Waals surface area contributed by atoms with Crippen molar-refractivity contribution in [3.8, 4) is 5.82 Å². The molecule has 0 amide bonds. The summed E-state index contributed by atoms with van der Waals surface area (Å²) in [5, 5.41) is 14.0. The molecule has 0 saturated heterocycles. The molecule has 1 N–H and O–H groups in total. The van der Waals surface area contributed by atoms with Crippen molar-refractivity contribution in [3.63, 3.8) is 0 Å². The van der Waals surface area contributed by atoms with E-state index in [4.69, 9.17) is 11.6 Å². The number of hydrogen-bond donors (Lipinski definition) is 1. The fraction of sp³-hybridized carbons (Fsp3) is 0.417. The Balaban J connectivity index is 2.50. The van der Waals surface area contributed by atoms with Crippen molar-refractivity contribution in [1.29, 1.82) is 0 Å². The average molecular weight is 267 g/mol. The molecular formula is C12H15ClN4O. The van der Waals surface area contributed by atoms with Crippen LogP contribution in [-0.4, -0.2) is 24.9 Å². The minimum atomic E-state index is -0.191. The van der Waals surface area contributed by atoms with Crippen LogP contribution in [0.25, 0.3) is 5.82 Å². The van der Waals surface area contributed by atoms with Crippen molar-refractivity contribution >= 4 is 11.6 Å². The van der Waals surface area contributed by atoms with Crippen molar-refractivity contribution in [2.75, 3.05) is 0 Å². The molecule has 2 heterocycles. The van der Waals surface area contributed by atoms with Gasteiger partial charge in [0.1, 0.15) is 5.82 Å². The van der Waals surface area contributed by atoms with Crippen LogP contribution in [0.15, 0.2) is 12.1 Å². The predicted octanol–water partition coefficient (Wildman–Crippen LogP) is 1.93. The van der Waals surface area contributed by atoms with Crippen molar-refractivity contribution in [2.24, 2.45) is 0 Å². The van der Waals surface area contributed by atoms with Gasteiger partial charge < -0.3 is 5.11 Å². The first-order chi connectivity index (χ1) is 8.69. The van der Waals surface area contributed by atoms with Crippen LogP contribution in [0.5, 0.6) is 0 Å². The van der Waals surface area contributed by atoms with E-state index in [0.717, 1.165) is 24.5 Å². The van der Waals surface area contributed by atoms with Gasteiger partial charge in [0.15, 0.2) is 11.6 Å². The lowest BCUT2D eigenvalue weighted by atomic mass is 10.3. The molecule has 2 rings (SSSR count). The van der Waals surface area contributed by atoms with Crippen LogP contribution >= 0.6 is 11.6 Å². The molecule has 0 saturated carbocycles. The second-order valence-corrected chi connectivity index (χ2v) is 4.23. The van der Waals surface area contributed by atoms with Gasteiger partial charge in [0.05, 0.1) is 17.3 Å². The van der Waals surface area contributed by atoms with E-state index in [1.807, 2.05) is 13.8 Å². The van der Waals surface area contributed by atoms with Crippen LogP contribution in [0.3, 0.4) is 0 Å². The number of aliphatic hydroxyl groups is 1. The average Bonchev–Trinajstić information content (AvgIpc) is 2.82. The third-order valence-electron chi connectivity index (χ3n) is 2.62. The zero-order valence-corrected chi connectivity index (χ0v) is 11.1. The Kier molecular flexibility index (Phi) is 3.93. The number of nitrogens with zero attached hydrogens (tertiary/aromatic N) is 4. The molecule has 18 heavy (non-hydrogen) atoms. The fourth-order valence-electron chi connectivity index (χ4n) is 1.66. The number of aryl methyl sites for hydroxylation is 2. The molecule has 0 aliphatic carbocycles. The summed E-state index contributed by atoms with van der Waals surface area (Å²) in [7, 11) is 0. The lowest BCUT2D eigenvalue weighted by Gasteiger charge is -2.06. The number of aliphatic hydroxyl groups excluding tert-OH is 1. The van der Waals surface area contributed by atoms with Gasteiger partial charge in [-0.1, -0.05) is 25.4 Å². The highest BCUT2D eigenvalue weighted by atomic mass is 35.5. The maximum absolute atomic E-state index is 9.18. The van der Waals surface area contributed by atoms with E-state index >= 15 is 0 Å². The van der Waals surface area contributed by atoms with Gasteiger partial charge in [-0.2, -0.15) is 4.68 Å². The quantitative estimate of drug-likeness (QED) is 0.918. The number of hydrogen-bond acceptors (Lipinski definition) is 4. The lowest BCUT2D eigenvalue weighted by molar-refractivity contribution is 0.277. The standard InChI is InChI=1S/C12H15ClN4O/c1-3-10-15-11(4-2)17(16-10)12-6-5-8(13)9(7-18)14-12/h5-6,18H,3-4,7H2,1-2H3. The number of rotatable bonds is 4. The van der Waals surface area contributed by atoms with Crippen molar-refractivity contribution in [1.82, 2.24) is 19.7 Å². The minimum Gasteiger partial charge on any atom is -0.390 e. The summed E-state index contributed by atoms with van der Waals surface area (Å²) in [6.07, 6.45) is 1.55. The van der Waals surface area contributed by atoms with Crippen LogP contribution in [0.2, 0.25) is 5.02 Å². The largest absolute Gasteiger partial charge is 0.390 e. The third kappa shape index (κ3) is 2.37. The highest BCUT2D eigenvalue weighted by molar-refractivity contribution is 6.31. The molecule has 0 fully saturated rings. The molecular weight excluding hydrogens is 252 g/mol. The highest BCUT2D eigenvalue weighted by Crippen LogP contribution is 2.17. The van der Waals surface area contributed by atoms with Gasteiger partial charge in [-0.05, 0) is 12.1 Å². The zero-order valence-electron chi connectivity index (χ0n) is 10.4. The predicted molar refractivity (Wildman–Crippen MR) is 68.8 cm³/mol. The van der Waals surface area contributed by atoms with E-state index in [0.29, 0.717) is 16.5 Å². The minimum absolute atomic E-state index is 0.191. The van der Waals surface area contributed by atoms with Crippen molar-refractivity contribution < 1.29 is 5.11 Å². The molecule has 96 valence electrons. The van der Waals surface area contributed by atoms with E-state index in [-0.39, 0.29) is 6.61 Å². The van der Waals surface area contributed by atoms with Crippen LogP contribution in [0.1, 0.15) is 31.2 Å². The summed E-state index contributed by atoms with van der Waals surface area (Å²) in [6, 6.07) is 3.48. The maximum Gasteiger partial charge on any atom is 0.156 e. The second kappa shape index (κ2) is 5.46. The van der Waals surface area contributed by atoms with Crippen LogP contribution in [0.4, 0.5) is 0 Å². The Morgan fingerprint density at radius 2 is 2.00 bits per heavy atom. The molecule has 0 aliphatic rings. The first-order valence-electron chi connectivity index (χ1n) is 5.91. The Labute approximate surface area is 110 Å². The molecule has 6 heteroatoms. The van der Waals surface area contributed by atoms with Gasteiger partial charge >= 0.3 is 0 Å². The molecule has 0 bridgehead atoms. The first-order valence-corrected chi connectivity index (χ1v) is 6.28. The SMILES string of the molecule is CCc1nc(CC)n(-c2ccc(Cl)c(CO)n2)n1. The van der Waals surface area contributed by atoms with E-state index < -0.39 is 0 Å². The number of aromatic nitrogens is 4. The monoisotopic (exact) mass is 266 g/mol. The molecule has 0 atom stereocenters. The third-order valence-corrected chi connectivity index (χ3v) is 2.97. The summed E-state index contributed by atoms with van der Waals surface area (Å²) in [6.45, 7) is 3.83. The Morgan fingerprint density at radius 3 is 2.61 bits per heavy atom. The summed E-state index contributed by atoms with van der Waals surface area (Å²) in [5.41, 5.74) is 0.449. The van der Waals surface area contributed by atoms with Crippen molar-refractivity contribution in [2.45, 2.75) is 33.3 Å². The zero-order chi connectivity index (χ0) is 13.1. The summed E-state index contributed by atoms with van der Waals surface area (Å²) < 4.78 is 1.70. The maximum atomic E-state index is 9.18. The molecule has 2 aromatic heterocycles. The molecule has 0 radical (unpaired) electrons.